The molecule has 0 aliphatic carbocycles. The molecule has 0 unspecified atom stereocenters. The number of ether oxygens (including phenoxy) is 1. The van der Waals surface area contributed by atoms with Gasteiger partial charge in [0.25, 0.3) is 0 Å². The molecule has 0 aliphatic heterocycles. The molecule has 0 aromatic carbocycles. The molecule has 0 aliphatic rings. The number of terminal acetylenes is 1. The average molecular weight is 201 g/mol. The van der Waals surface area contributed by atoms with E-state index >= 15 is 0 Å². The van der Waals surface area contributed by atoms with Gasteiger partial charge in [-0.15, -0.1) is 6.42 Å². The molecule has 5 heteroatoms. The monoisotopic (exact) mass is 201 g/mol. The van der Waals surface area contributed by atoms with Crippen molar-refractivity contribution in [2.75, 3.05) is 6.61 Å². The van der Waals surface area contributed by atoms with E-state index in [-0.39, 0.29) is 12.5 Å². The molecule has 0 amide bonds. The van der Waals surface area contributed by atoms with Gasteiger partial charge in [0, 0.05) is 6.07 Å². The highest BCUT2D eigenvalue weighted by Gasteiger charge is 2.32. The molecular weight excluding hydrogens is 195 g/mol. The van der Waals surface area contributed by atoms with Crippen molar-refractivity contribution in [2.24, 2.45) is 0 Å². The zero-order chi connectivity index (χ0) is 10.6. The Labute approximate surface area is 78.7 Å². The molecule has 0 saturated carbocycles. The maximum Gasteiger partial charge on any atom is 0.433 e. The molecule has 1 aromatic rings. The minimum atomic E-state index is -4.46. The summed E-state index contributed by atoms with van der Waals surface area (Å²) in [7, 11) is 0. The predicted molar refractivity (Wildman–Crippen MR) is 43.6 cm³/mol. The van der Waals surface area contributed by atoms with E-state index in [0.29, 0.717) is 0 Å². The number of aromatic nitrogens is 1. The van der Waals surface area contributed by atoms with Crippen LogP contribution in [-0.4, -0.2) is 11.6 Å². The van der Waals surface area contributed by atoms with Crippen LogP contribution in [0.2, 0.25) is 0 Å². The molecule has 2 nitrogen and oxygen atoms in total. The van der Waals surface area contributed by atoms with E-state index in [1.165, 1.54) is 12.1 Å². The quantitative estimate of drug-likeness (QED) is 0.683. The first-order chi connectivity index (χ1) is 6.54. The number of halogens is 3. The van der Waals surface area contributed by atoms with Gasteiger partial charge < -0.3 is 4.74 Å². The summed E-state index contributed by atoms with van der Waals surface area (Å²) >= 11 is 0. The predicted octanol–water partition coefficient (Wildman–Crippen LogP) is 2.11. The van der Waals surface area contributed by atoms with Crippen LogP contribution in [0.1, 0.15) is 5.69 Å². The second-order valence-electron chi connectivity index (χ2n) is 2.35. The molecule has 74 valence electrons. The SMILES string of the molecule is C#CCOc1cccc(C(F)(F)F)n1. The Hall–Kier alpha value is -1.70. The molecule has 0 saturated heterocycles. The Kier molecular flexibility index (Phi) is 2.97. The average Bonchev–Trinajstić information content (AvgIpc) is 2.14. The van der Waals surface area contributed by atoms with Crippen LogP contribution >= 0.6 is 0 Å². The van der Waals surface area contributed by atoms with Crippen LogP contribution in [0.5, 0.6) is 5.88 Å². The van der Waals surface area contributed by atoms with Gasteiger partial charge in [-0.2, -0.15) is 13.2 Å². The third-order valence-corrected chi connectivity index (χ3v) is 1.32. The molecule has 1 aromatic heterocycles. The largest absolute Gasteiger partial charge is 0.464 e. The van der Waals surface area contributed by atoms with E-state index in [1.54, 1.807) is 0 Å². The third kappa shape index (κ3) is 2.66. The van der Waals surface area contributed by atoms with Crippen molar-refractivity contribution in [1.29, 1.82) is 0 Å². The number of nitrogens with zero attached hydrogens (tertiary/aromatic N) is 1. The van der Waals surface area contributed by atoms with Crippen molar-refractivity contribution in [3.63, 3.8) is 0 Å². The second-order valence-corrected chi connectivity index (χ2v) is 2.35. The zero-order valence-electron chi connectivity index (χ0n) is 7.01. The van der Waals surface area contributed by atoms with Crippen LogP contribution in [0, 0.1) is 12.3 Å². The Bertz CT molecular complexity index is 354. The van der Waals surface area contributed by atoms with Crippen LogP contribution in [-0.2, 0) is 6.18 Å². The van der Waals surface area contributed by atoms with Crippen LogP contribution in [0.3, 0.4) is 0 Å². The highest BCUT2D eigenvalue weighted by molar-refractivity contribution is 5.18. The summed E-state index contributed by atoms with van der Waals surface area (Å²) in [4.78, 5) is 3.24. The van der Waals surface area contributed by atoms with Gasteiger partial charge >= 0.3 is 6.18 Å². The number of hydrogen-bond donors (Lipinski definition) is 0. The van der Waals surface area contributed by atoms with E-state index in [2.05, 4.69) is 10.9 Å². The van der Waals surface area contributed by atoms with Gasteiger partial charge in [0.05, 0.1) is 0 Å². The Balaban J connectivity index is 2.86. The summed E-state index contributed by atoms with van der Waals surface area (Å²) in [5.41, 5.74) is -0.993. The molecular formula is C9H6F3NO. The van der Waals surface area contributed by atoms with Crippen LogP contribution in [0.15, 0.2) is 18.2 Å². The summed E-state index contributed by atoms with van der Waals surface area (Å²) in [5.74, 6) is 2.00. The van der Waals surface area contributed by atoms with Crippen molar-refractivity contribution < 1.29 is 17.9 Å². The van der Waals surface area contributed by atoms with E-state index < -0.39 is 11.9 Å². The van der Waals surface area contributed by atoms with Crippen molar-refractivity contribution >= 4 is 0 Å². The molecule has 0 radical (unpaired) electrons. The summed E-state index contributed by atoms with van der Waals surface area (Å²) in [6.07, 6.45) is 0.412. The normalized spacial score (nSPS) is 10.7. The Morgan fingerprint density at radius 3 is 2.71 bits per heavy atom. The fraction of sp³-hybridized carbons (Fsp3) is 0.222. The second kappa shape index (κ2) is 4.01. The maximum atomic E-state index is 12.1. The summed E-state index contributed by atoms with van der Waals surface area (Å²) in [6.45, 7) is -0.103. The highest BCUT2D eigenvalue weighted by Crippen LogP contribution is 2.28. The molecule has 0 atom stereocenters. The maximum absolute atomic E-state index is 12.1. The van der Waals surface area contributed by atoms with Gasteiger partial charge in [0.15, 0.2) is 6.61 Å². The fourth-order valence-electron chi connectivity index (χ4n) is 0.769. The first-order valence-corrected chi connectivity index (χ1v) is 3.64. The van der Waals surface area contributed by atoms with Gasteiger partial charge in [-0.05, 0) is 6.07 Å². The minimum absolute atomic E-state index is 0.103. The van der Waals surface area contributed by atoms with Gasteiger partial charge in [-0.1, -0.05) is 12.0 Å². The van der Waals surface area contributed by atoms with E-state index in [1.807, 2.05) is 0 Å². The third-order valence-electron chi connectivity index (χ3n) is 1.32. The number of alkyl halides is 3. The summed E-state index contributed by atoms with van der Waals surface area (Å²) in [5, 5.41) is 0. The highest BCUT2D eigenvalue weighted by atomic mass is 19.4. The summed E-state index contributed by atoms with van der Waals surface area (Å²) < 4.78 is 41.1. The topological polar surface area (TPSA) is 22.1 Å². The van der Waals surface area contributed by atoms with Crippen molar-refractivity contribution in [3.8, 4) is 18.2 Å². The fourth-order valence-corrected chi connectivity index (χ4v) is 0.769. The van der Waals surface area contributed by atoms with Gasteiger partial charge in [0.2, 0.25) is 5.88 Å². The molecule has 1 heterocycles. The number of hydrogen-bond acceptors (Lipinski definition) is 2. The van der Waals surface area contributed by atoms with Gasteiger partial charge in [-0.3, -0.25) is 0 Å². The standard InChI is InChI=1S/C9H6F3NO/c1-2-6-14-8-5-3-4-7(13-8)9(10,11)12/h1,3-5H,6H2. The first kappa shape index (κ1) is 10.4. The van der Waals surface area contributed by atoms with Crippen molar-refractivity contribution in [1.82, 2.24) is 4.98 Å². The molecule has 0 fully saturated rings. The van der Waals surface area contributed by atoms with E-state index in [9.17, 15) is 13.2 Å². The minimum Gasteiger partial charge on any atom is -0.464 e. The lowest BCUT2D eigenvalue weighted by Gasteiger charge is -2.06. The Morgan fingerprint density at radius 1 is 1.43 bits per heavy atom. The molecule has 14 heavy (non-hydrogen) atoms. The molecule has 1 rings (SSSR count). The Morgan fingerprint density at radius 2 is 2.14 bits per heavy atom. The molecule has 0 bridgehead atoms. The lowest BCUT2D eigenvalue weighted by Crippen LogP contribution is -2.08. The van der Waals surface area contributed by atoms with Crippen LogP contribution in [0.4, 0.5) is 13.2 Å². The van der Waals surface area contributed by atoms with E-state index in [0.717, 1.165) is 6.07 Å². The summed E-state index contributed by atoms with van der Waals surface area (Å²) in [6, 6.07) is 3.39. The van der Waals surface area contributed by atoms with Crippen molar-refractivity contribution in [3.05, 3.63) is 23.9 Å². The van der Waals surface area contributed by atoms with Crippen LogP contribution < -0.4 is 4.74 Å². The number of pyridine rings is 1. The zero-order valence-corrected chi connectivity index (χ0v) is 7.01. The van der Waals surface area contributed by atoms with E-state index in [4.69, 9.17) is 11.2 Å². The first-order valence-electron chi connectivity index (χ1n) is 3.64. The van der Waals surface area contributed by atoms with Crippen molar-refractivity contribution in [2.45, 2.75) is 6.18 Å². The smallest absolute Gasteiger partial charge is 0.433 e. The number of rotatable bonds is 2. The van der Waals surface area contributed by atoms with Gasteiger partial charge in [-0.25, -0.2) is 4.98 Å². The van der Waals surface area contributed by atoms with Gasteiger partial charge in [0.1, 0.15) is 5.69 Å². The lowest BCUT2D eigenvalue weighted by atomic mass is 10.3. The van der Waals surface area contributed by atoms with Crippen LogP contribution in [0.25, 0.3) is 0 Å². The molecule has 0 spiro atoms. The lowest BCUT2D eigenvalue weighted by molar-refractivity contribution is -0.141. The molecule has 0 N–H and O–H groups in total.